The topological polar surface area (TPSA) is 102 Å². The molecule has 0 aromatic heterocycles. The van der Waals surface area contributed by atoms with Gasteiger partial charge in [-0.15, -0.1) is 6.58 Å². The molecule has 1 atom stereocenters. The summed E-state index contributed by atoms with van der Waals surface area (Å²) in [5.41, 5.74) is 4.49. The third kappa shape index (κ3) is 4.86. The van der Waals surface area contributed by atoms with Gasteiger partial charge in [-0.1, -0.05) is 54.6 Å². The van der Waals surface area contributed by atoms with E-state index < -0.39 is 24.1 Å². The van der Waals surface area contributed by atoms with Gasteiger partial charge in [0.2, 0.25) is 6.10 Å². The van der Waals surface area contributed by atoms with Crippen LogP contribution in [0, 0.1) is 0 Å². The van der Waals surface area contributed by atoms with Crippen molar-refractivity contribution in [1.29, 1.82) is 0 Å². The molecule has 0 bridgehead atoms. The fourth-order valence-electron chi connectivity index (χ4n) is 3.48. The predicted molar refractivity (Wildman–Crippen MR) is 110 cm³/mol. The Morgan fingerprint density at radius 2 is 1.67 bits per heavy atom. The number of hydrogen-bond donors (Lipinski definition) is 2. The fourth-order valence-corrected chi connectivity index (χ4v) is 3.48. The number of alkyl carbamates (subject to hydrolysis) is 1. The molecule has 2 N–H and O–H groups in total. The zero-order chi connectivity index (χ0) is 21.5. The summed E-state index contributed by atoms with van der Waals surface area (Å²) in [4.78, 5) is 34.8. The highest BCUT2D eigenvalue weighted by Crippen LogP contribution is 2.44. The summed E-state index contributed by atoms with van der Waals surface area (Å²) in [6.45, 7) is 3.58. The second-order valence-corrected chi connectivity index (χ2v) is 6.84. The molecule has 1 aliphatic rings. The number of carboxylic acid groups (broad SMARTS) is 1. The van der Waals surface area contributed by atoms with Gasteiger partial charge in [0, 0.05) is 18.9 Å². The Labute approximate surface area is 174 Å². The number of carbonyl (C=O) groups is 3. The molecule has 7 nitrogen and oxygen atoms in total. The summed E-state index contributed by atoms with van der Waals surface area (Å²) in [5, 5.41) is 11.5. The van der Waals surface area contributed by atoms with Crippen molar-refractivity contribution in [2.24, 2.45) is 0 Å². The highest BCUT2D eigenvalue weighted by Gasteiger charge is 2.29. The predicted octanol–water partition coefficient (Wildman–Crippen LogP) is 3.49. The second kappa shape index (κ2) is 9.73. The van der Waals surface area contributed by atoms with Crippen LogP contribution in [0.3, 0.4) is 0 Å². The summed E-state index contributed by atoms with van der Waals surface area (Å²) in [5.74, 6) is -2.01. The number of benzene rings is 2. The van der Waals surface area contributed by atoms with Gasteiger partial charge in [-0.25, -0.2) is 9.59 Å². The average molecular weight is 409 g/mol. The molecule has 0 aliphatic heterocycles. The summed E-state index contributed by atoms with van der Waals surface area (Å²) in [6.07, 6.45) is -0.706. The highest BCUT2D eigenvalue weighted by molar-refractivity contribution is 5.80. The monoisotopic (exact) mass is 409 g/mol. The number of ether oxygens (including phenoxy) is 2. The Morgan fingerprint density at radius 3 is 2.23 bits per heavy atom. The number of rotatable bonds is 9. The van der Waals surface area contributed by atoms with Crippen LogP contribution in [-0.2, 0) is 19.1 Å². The average Bonchev–Trinajstić information content (AvgIpc) is 3.06. The molecular formula is C23H23NO6. The zero-order valence-electron chi connectivity index (χ0n) is 16.4. The van der Waals surface area contributed by atoms with Crippen LogP contribution in [0.25, 0.3) is 11.1 Å². The highest BCUT2D eigenvalue weighted by atomic mass is 16.6. The Morgan fingerprint density at radius 1 is 1.07 bits per heavy atom. The van der Waals surface area contributed by atoms with Crippen molar-refractivity contribution in [1.82, 2.24) is 5.32 Å². The molecule has 0 saturated carbocycles. The van der Waals surface area contributed by atoms with Crippen molar-refractivity contribution >= 4 is 18.0 Å². The van der Waals surface area contributed by atoms with Crippen LogP contribution in [0.1, 0.15) is 29.9 Å². The molecule has 1 aliphatic carbocycles. The largest absolute Gasteiger partial charge is 0.478 e. The quantitative estimate of drug-likeness (QED) is 0.486. The number of carboxylic acids is 1. The first-order valence-corrected chi connectivity index (χ1v) is 9.63. The number of carbonyl (C=O) groups excluding carboxylic acids is 2. The lowest BCUT2D eigenvalue weighted by Gasteiger charge is -2.15. The first-order valence-electron chi connectivity index (χ1n) is 9.63. The smallest absolute Gasteiger partial charge is 0.407 e. The van der Waals surface area contributed by atoms with E-state index in [-0.39, 0.29) is 31.9 Å². The van der Waals surface area contributed by atoms with Crippen molar-refractivity contribution in [2.75, 3.05) is 13.2 Å². The van der Waals surface area contributed by atoms with Crippen molar-refractivity contribution in [3.8, 4) is 11.1 Å². The van der Waals surface area contributed by atoms with Gasteiger partial charge in [-0.05, 0) is 22.3 Å². The Balaban J connectivity index is 1.48. The standard InChI is InChI=1S/C23H23NO6/c1-2-7-20(22(26)27)30-21(25)12-13-24-23(28)29-14-19-17-10-5-3-8-15(17)16-9-4-6-11-18(16)19/h2-6,8-11,19-20H,1,7,12-14H2,(H,24,28)(H,26,27). The fraction of sp³-hybridized carbons (Fsp3) is 0.261. The molecule has 0 spiro atoms. The summed E-state index contributed by atoms with van der Waals surface area (Å²) < 4.78 is 10.2. The molecule has 0 saturated heterocycles. The van der Waals surface area contributed by atoms with Gasteiger partial charge in [0.15, 0.2) is 0 Å². The lowest BCUT2D eigenvalue weighted by atomic mass is 9.98. The number of nitrogens with one attached hydrogen (secondary N) is 1. The Hall–Kier alpha value is -3.61. The van der Waals surface area contributed by atoms with Crippen LogP contribution in [0.4, 0.5) is 4.79 Å². The molecule has 156 valence electrons. The van der Waals surface area contributed by atoms with Crippen molar-refractivity contribution in [2.45, 2.75) is 24.9 Å². The van der Waals surface area contributed by atoms with Gasteiger partial charge in [-0.2, -0.15) is 0 Å². The molecule has 1 unspecified atom stereocenters. The van der Waals surface area contributed by atoms with E-state index in [0.717, 1.165) is 22.3 Å². The first kappa shape index (κ1) is 21.1. The maximum atomic E-state index is 12.0. The first-order chi connectivity index (χ1) is 14.5. The molecule has 0 radical (unpaired) electrons. The normalized spacial score (nSPS) is 12.9. The van der Waals surface area contributed by atoms with Gasteiger partial charge in [0.05, 0.1) is 6.42 Å². The number of fused-ring (bicyclic) bond motifs is 3. The summed E-state index contributed by atoms with van der Waals surface area (Å²) in [6, 6.07) is 16.0. The Kier molecular flexibility index (Phi) is 6.85. The lowest BCUT2D eigenvalue weighted by Crippen LogP contribution is -2.31. The third-order valence-electron chi connectivity index (χ3n) is 4.87. The van der Waals surface area contributed by atoms with E-state index in [1.54, 1.807) is 0 Å². The lowest BCUT2D eigenvalue weighted by molar-refractivity contribution is -0.163. The van der Waals surface area contributed by atoms with E-state index in [4.69, 9.17) is 14.6 Å². The van der Waals surface area contributed by atoms with Crippen molar-refractivity contribution < 1.29 is 29.0 Å². The molecule has 2 aromatic rings. The van der Waals surface area contributed by atoms with E-state index in [1.807, 2.05) is 36.4 Å². The van der Waals surface area contributed by atoms with Gasteiger partial charge in [-0.3, -0.25) is 4.79 Å². The van der Waals surface area contributed by atoms with Gasteiger partial charge in [0.25, 0.3) is 0 Å². The van der Waals surface area contributed by atoms with Crippen LogP contribution < -0.4 is 5.32 Å². The van der Waals surface area contributed by atoms with Crippen LogP contribution in [0.5, 0.6) is 0 Å². The number of amides is 1. The molecule has 3 rings (SSSR count). The van der Waals surface area contributed by atoms with Gasteiger partial charge >= 0.3 is 18.0 Å². The SMILES string of the molecule is C=CCC(OC(=O)CCNC(=O)OCC1c2ccccc2-c2ccccc21)C(=O)O. The van der Waals surface area contributed by atoms with Gasteiger partial charge < -0.3 is 19.9 Å². The minimum atomic E-state index is -1.27. The van der Waals surface area contributed by atoms with E-state index in [1.165, 1.54) is 6.08 Å². The molecule has 7 heteroatoms. The van der Waals surface area contributed by atoms with Crippen molar-refractivity contribution in [3.05, 3.63) is 72.3 Å². The number of esters is 1. The van der Waals surface area contributed by atoms with Crippen LogP contribution in [0.15, 0.2) is 61.2 Å². The number of aliphatic carboxylic acids is 1. The molecule has 0 heterocycles. The van der Waals surface area contributed by atoms with E-state index in [0.29, 0.717) is 0 Å². The summed E-state index contributed by atoms with van der Waals surface area (Å²) in [7, 11) is 0. The molecule has 0 fully saturated rings. The molecular weight excluding hydrogens is 386 g/mol. The summed E-state index contributed by atoms with van der Waals surface area (Å²) >= 11 is 0. The van der Waals surface area contributed by atoms with E-state index >= 15 is 0 Å². The molecule has 2 aromatic carbocycles. The molecule has 1 amide bonds. The maximum Gasteiger partial charge on any atom is 0.407 e. The Bertz CT molecular complexity index is 909. The van der Waals surface area contributed by atoms with E-state index in [2.05, 4.69) is 24.0 Å². The van der Waals surface area contributed by atoms with Crippen LogP contribution in [0.2, 0.25) is 0 Å². The number of hydrogen-bond acceptors (Lipinski definition) is 5. The van der Waals surface area contributed by atoms with Gasteiger partial charge in [0.1, 0.15) is 6.61 Å². The van der Waals surface area contributed by atoms with Crippen LogP contribution >= 0.6 is 0 Å². The minimum absolute atomic E-state index is 0.0148. The second-order valence-electron chi connectivity index (χ2n) is 6.84. The van der Waals surface area contributed by atoms with E-state index in [9.17, 15) is 14.4 Å². The minimum Gasteiger partial charge on any atom is -0.478 e. The third-order valence-corrected chi connectivity index (χ3v) is 4.87. The van der Waals surface area contributed by atoms with Crippen molar-refractivity contribution in [3.63, 3.8) is 0 Å². The molecule has 30 heavy (non-hydrogen) atoms. The van der Waals surface area contributed by atoms with Crippen LogP contribution in [-0.4, -0.2) is 42.4 Å². The maximum absolute atomic E-state index is 12.0. The zero-order valence-corrected chi connectivity index (χ0v) is 16.4.